The standard InChI is InChI=1S/C17H19BrN6O/c1-12-4-3-5-14(8-12)10-23-11-19-17(22-23)21-16(25)6-7-24-13(2)15(18)9-20-24/h3-5,8-9,11H,6-7,10H2,1-2H3,(H,21,22,25). The fraction of sp³-hybridized carbons (Fsp3) is 0.294. The summed E-state index contributed by atoms with van der Waals surface area (Å²) in [6.07, 6.45) is 3.65. The van der Waals surface area contributed by atoms with Crippen molar-refractivity contribution in [2.24, 2.45) is 0 Å². The molecule has 2 heterocycles. The number of aromatic nitrogens is 5. The summed E-state index contributed by atoms with van der Waals surface area (Å²) in [4.78, 5) is 16.2. The summed E-state index contributed by atoms with van der Waals surface area (Å²) in [5, 5.41) is 11.2. The Balaban J connectivity index is 1.54. The molecule has 1 amide bonds. The van der Waals surface area contributed by atoms with Crippen LogP contribution in [0.1, 0.15) is 23.2 Å². The van der Waals surface area contributed by atoms with Crippen LogP contribution < -0.4 is 5.32 Å². The molecule has 1 N–H and O–H groups in total. The van der Waals surface area contributed by atoms with E-state index in [9.17, 15) is 4.79 Å². The highest BCUT2D eigenvalue weighted by Crippen LogP contribution is 2.14. The maximum absolute atomic E-state index is 12.1. The Labute approximate surface area is 154 Å². The number of carbonyl (C=O) groups excluding carboxylic acids is 1. The van der Waals surface area contributed by atoms with Gasteiger partial charge in [-0.05, 0) is 35.3 Å². The second-order valence-electron chi connectivity index (χ2n) is 5.85. The lowest BCUT2D eigenvalue weighted by molar-refractivity contribution is -0.116. The number of hydrogen-bond acceptors (Lipinski definition) is 4. The molecule has 0 spiro atoms. The summed E-state index contributed by atoms with van der Waals surface area (Å²) in [7, 11) is 0. The third kappa shape index (κ3) is 4.54. The van der Waals surface area contributed by atoms with Crippen LogP contribution in [-0.2, 0) is 17.9 Å². The lowest BCUT2D eigenvalue weighted by Crippen LogP contribution is -2.16. The zero-order valence-corrected chi connectivity index (χ0v) is 15.7. The minimum Gasteiger partial charge on any atom is -0.293 e. The molecule has 1 aromatic carbocycles. The summed E-state index contributed by atoms with van der Waals surface area (Å²) >= 11 is 3.40. The third-order valence-corrected chi connectivity index (χ3v) is 4.59. The number of benzene rings is 1. The molecule has 0 fully saturated rings. The number of nitrogens with zero attached hydrogens (tertiary/aromatic N) is 5. The molecule has 0 aliphatic rings. The summed E-state index contributed by atoms with van der Waals surface area (Å²) in [5.74, 6) is 0.176. The fourth-order valence-electron chi connectivity index (χ4n) is 2.47. The Bertz CT molecular complexity index is 885. The van der Waals surface area contributed by atoms with E-state index in [1.807, 2.05) is 19.1 Å². The van der Waals surface area contributed by atoms with Crippen LogP contribution in [0.15, 0.2) is 41.3 Å². The number of hydrogen-bond donors (Lipinski definition) is 1. The van der Waals surface area contributed by atoms with Gasteiger partial charge in [-0.15, -0.1) is 5.10 Å². The molecule has 3 rings (SSSR count). The predicted molar refractivity (Wildman–Crippen MR) is 98.2 cm³/mol. The predicted octanol–water partition coefficient (Wildman–Crippen LogP) is 2.93. The quantitative estimate of drug-likeness (QED) is 0.687. The molecule has 0 aliphatic heterocycles. The number of anilines is 1. The summed E-state index contributed by atoms with van der Waals surface area (Å²) in [6, 6.07) is 8.21. The molecule has 0 bridgehead atoms. The average Bonchev–Trinajstić information content (AvgIpc) is 3.13. The van der Waals surface area contributed by atoms with E-state index in [1.54, 1.807) is 21.9 Å². The largest absolute Gasteiger partial charge is 0.293 e. The van der Waals surface area contributed by atoms with Crippen molar-refractivity contribution in [3.63, 3.8) is 0 Å². The van der Waals surface area contributed by atoms with Crippen LogP contribution in [0.25, 0.3) is 0 Å². The van der Waals surface area contributed by atoms with Gasteiger partial charge in [0, 0.05) is 12.1 Å². The number of nitrogens with one attached hydrogen (secondary N) is 1. The molecule has 0 unspecified atom stereocenters. The number of halogens is 1. The van der Waals surface area contributed by atoms with E-state index >= 15 is 0 Å². The third-order valence-electron chi connectivity index (χ3n) is 3.81. The van der Waals surface area contributed by atoms with Crippen molar-refractivity contribution in [3.05, 3.63) is 58.1 Å². The second kappa shape index (κ2) is 7.60. The molecule has 3 aromatic rings. The maximum atomic E-state index is 12.1. The van der Waals surface area contributed by atoms with Gasteiger partial charge in [0.15, 0.2) is 0 Å². The maximum Gasteiger partial charge on any atom is 0.248 e. The van der Waals surface area contributed by atoms with Gasteiger partial charge in [-0.3, -0.25) is 14.8 Å². The van der Waals surface area contributed by atoms with Crippen LogP contribution in [-0.4, -0.2) is 30.5 Å². The van der Waals surface area contributed by atoms with E-state index in [1.165, 1.54) is 5.56 Å². The van der Waals surface area contributed by atoms with Gasteiger partial charge < -0.3 is 0 Å². The van der Waals surface area contributed by atoms with Crippen LogP contribution >= 0.6 is 15.9 Å². The summed E-state index contributed by atoms with van der Waals surface area (Å²) in [5.41, 5.74) is 3.34. The number of aryl methyl sites for hydroxylation is 2. The lowest BCUT2D eigenvalue weighted by atomic mass is 10.1. The first-order valence-electron chi connectivity index (χ1n) is 7.94. The first-order valence-corrected chi connectivity index (χ1v) is 8.73. The Morgan fingerprint density at radius 1 is 1.32 bits per heavy atom. The zero-order valence-electron chi connectivity index (χ0n) is 14.1. The topological polar surface area (TPSA) is 77.6 Å². The van der Waals surface area contributed by atoms with Crippen molar-refractivity contribution in [2.45, 2.75) is 33.4 Å². The van der Waals surface area contributed by atoms with Crippen LogP contribution in [0.2, 0.25) is 0 Å². The first kappa shape index (κ1) is 17.3. The van der Waals surface area contributed by atoms with Gasteiger partial charge >= 0.3 is 0 Å². The molecule has 130 valence electrons. The van der Waals surface area contributed by atoms with Crippen molar-refractivity contribution in [1.29, 1.82) is 0 Å². The number of amides is 1. The molecule has 7 nitrogen and oxygen atoms in total. The SMILES string of the molecule is Cc1cccc(Cn2cnc(NC(=O)CCn3ncc(Br)c3C)n2)c1. The highest BCUT2D eigenvalue weighted by atomic mass is 79.9. The molecule has 8 heteroatoms. The molecule has 0 aliphatic carbocycles. The van der Waals surface area contributed by atoms with E-state index in [2.05, 4.69) is 55.5 Å². The second-order valence-corrected chi connectivity index (χ2v) is 6.71. The van der Waals surface area contributed by atoms with E-state index in [4.69, 9.17) is 0 Å². The van der Waals surface area contributed by atoms with Crippen LogP contribution in [0.4, 0.5) is 5.95 Å². The monoisotopic (exact) mass is 402 g/mol. The molecule has 0 saturated heterocycles. The van der Waals surface area contributed by atoms with Gasteiger partial charge in [0.05, 0.1) is 23.8 Å². The molecule has 0 radical (unpaired) electrons. The van der Waals surface area contributed by atoms with Gasteiger partial charge in [-0.1, -0.05) is 29.8 Å². The minimum absolute atomic E-state index is 0.140. The zero-order chi connectivity index (χ0) is 17.8. The summed E-state index contributed by atoms with van der Waals surface area (Å²) in [6.45, 7) is 5.12. The molecule has 0 atom stereocenters. The number of carbonyl (C=O) groups is 1. The van der Waals surface area contributed by atoms with Gasteiger partial charge in [-0.25, -0.2) is 9.67 Å². The average molecular weight is 403 g/mol. The van der Waals surface area contributed by atoms with Gasteiger partial charge in [0.25, 0.3) is 0 Å². The lowest BCUT2D eigenvalue weighted by Gasteiger charge is -2.04. The van der Waals surface area contributed by atoms with Crippen molar-refractivity contribution in [3.8, 4) is 0 Å². The Morgan fingerprint density at radius 3 is 2.88 bits per heavy atom. The van der Waals surface area contributed by atoms with E-state index < -0.39 is 0 Å². The highest BCUT2D eigenvalue weighted by Gasteiger charge is 2.09. The summed E-state index contributed by atoms with van der Waals surface area (Å²) < 4.78 is 4.43. The number of rotatable bonds is 6. The first-order chi connectivity index (χ1) is 12.0. The van der Waals surface area contributed by atoms with Gasteiger partial charge in [-0.2, -0.15) is 5.10 Å². The van der Waals surface area contributed by atoms with E-state index in [0.29, 0.717) is 25.5 Å². The van der Waals surface area contributed by atoms with E-state index in [-0.39, 0.29) is 5.91 Å². The van der Waals surface area contributed by atoms with Crippen molar-refractivity contribution < 1.29 is 4.79 Å². The fourth-order valence-corrected chi connectivity index (χ4v) is 2.77. The van der Waals surface area contributed by atoms with Crippen molar-refractivity contribution in [2.75, 3.05) is 5.32 Å². The smallest absolute Gasteiger partial charge is 0.248 e. The Morgan fingerprint density at radius 2 is 2.16 bits per heavy atom. The molecular weight excluding hydrogens is 384 g/mol. The normalized spacial score (nSPS) is 10.8. The molecule has 0 saturated carbocycles. The van der Waals surface area contributed by atoms with E-state index in [0.717, 1.165) is 15.7 Å². The molecular formula is C17H19BrN6O. The van der Waals surface area contributed by atoms with Gasteiger partial charge in [0.1, 0.15) is 6.33 Å². The highest BCUT2D eigenvalue weighted by molar-refractivity contribution is 9.10. The minimum atomic E-state index is -0.140. The van der Waals surface area contributed by atoms with Crippen LogP contribution in [0.5, 0.6) is 0 Å². The Kier molecular flexibility index (Phi) is 5.28. The van der Waals surface area contributed by atoms with Crippen molar-refractivity contribution in [1.82, 2.24) is 24.5 Å². The van der Waals surface area contributed by atoms with Crippen LogP contribution in [0, 0.1) is 13.8 Å². The molecule has 2 aromatic heterocycles. The Hall–Kier alpha value is -2.48. The van der Waals surface area contributed by atoms with Gasteiger partial charge in [0.2, 0.25) is 11.9 Å². The van der Waals surface area contributed by atoms with Crippen LogP contribution in [0.3, 0.4) is 0 Å². The molecule has 25 heavy (non-hydrogen) atoms. The van der Waals surface area contributed by atoms with Crippen molar-refractivity contribution >= 4 is 27.8 Å².